The van der Waals surface area contributed by atoms with E-state index in [1.165, 1.54) is 0 Å². The van der Waals surface area contributed by atoms with Crippen LogP contribution in [0.4, 0.5) is 0 Å². The highest BCUT2D eigenvalue weighted by atomic mass is 16.5. The smallest absolute Gasteiger partial charge is 0.260 e. The molecule has 0 aliphatic carbocycles. The largest absolute Gasteiger partial charge is 0.484 e. The zero-order valence-electron chi connectivity index (χ0n) is 25.8. The van der Waals surface area contributed by atoms with Gasteiger partial charge in [0.2, 0.25) is 11.6 Å². The van der Waals surface area contributed by atoms with Gasteiger partial charge in [0.1, 0.15) is 16.9 Å². The van der Waals surface area contributed by atoms with Crippen LogP contribution in [0.15, 0.2) is 99.8 Å². The van der Waals surface area contributed by atoms with Crippen molar-refractivity contribution in [3.63, 3.8) is 0 Å². The molecule has 3 heterocycles. The van der Waals surface area contributed by atoms with E-state index in [2.05, 4.69) is 0 Å². The van der Waals surface area contributed by atoms with Crippen LogP contribution >= 0.6 is 0 Å². The van der Waals surface area contributed by atoms with Gasteiger partial charge in [-0.05, 0) is 75.1 Å². The zero-order valence-corrected chi connectivity index (χ0v) is 25.8. The number of amides is 1. The van der Waals surface area contributed by atoms with Gasteiger partial charge in [0.25, 0.3) is 5.91 Å². The van der Waals surface area contributed by atoms with E-state index in [9.17, 15) is 14.4 Å². The SMILES string of the molecule is Cc1ccc(C(=O)c2oc3c(ccc4oc(C(=O)c5ccc(OCC(=O)N6CCCCC6)cc5)c(-c5ccccc5)c43)c2C)cc1. The number of fused-ring (bicyclic) bond motifs is 3. The van der Waals surface area contributed by atoms with Crippen molar-refractivity contribution in [2.24, 2.45) is 0 Å². The van der Waals surface area contributed by atoms with Gasteiger partial charge >= 0.3 is 0 Å². The van der Waals surface area contributed by atoms with Crippen LogP contribution in [0.3, 0.4) is 0 Å². The van der Waals surface area contributed by atoms with Crippen molar-refractivity contribution in [1.29, 1.82) is 0 Å². The fourth-order valence-corrected chi connectivity index (χ4v) is 6.17. The van der Waals surface area contributed by atoms with Crippen LogP contribution < -0.4 is 4.74 Å². The molecule has 0 saturated carbocycles. The van der Waals surface area contributed by atoms with Crippen molar-refractivity contribution in [3.05, 3.63) is 125 Å². The first kappa shape index (κ1) is 29.3. The minimum absolute atomic E-state index is 0.0298. The molecule has 1 aliphatic heterocycles. The number of carbonyl (C=O) groups excluding carboxylic acids is 3. The van der Waals surface area contributed by atoms with Crippen molar-refractivity contribution < 1.29 is 28.0 Å². The molecule has 1 saturated heterocycles. The van der Waals surface area contributed by atoms with Crippen molar-refractivity contribution in [3.8, 4) is 16.9 Å². The predicted octanol–water partition coefficient (Wildman–Crippen LogP) is 8.32. The summed E-state index contributed by atoms with van der Waals surface area (Å²) in [6, 6.07) is 27.4. The molecule has 0 N–H and O–H groups in total. The second kappa shape index (κ2) is 12.2. The Labute approximate surface area is 266 Å². The Morgan fingerprint density at radius 2 is 1.37 bits per heavy atom. The lowest BCUT2D eigenvalue weighted by molar-refractivity contribution is -0.134. The molecule has 0 bridgehead atoms. The number of nitrogens with zero attached hydrogens (tertiary/aromatic N) is 1. The quantitative estimate of drug-likeness (QED) is 0.161. The second-order valence-corrected chi connectivity index (χ2v) is 11.8. The Kier molecular flexibility index (Phi) is 7.74. The first-order valence-electron chi connectivity index (χ1n) is 15.6. The lowest BCUT2D eigenvalue weighted by Crippen LogP contribution is -2.38. The molecule has 0 radical (unpaired) electrons. The highest BCUT2D eigenvalue weighted by molar-refractivity contribution is 6.21. The fraction of sp³-hybridized carbons (Fsp3) is 0.205. The van der Waals surface area contributed by atoms with Crippen molar-refractivity contribution in [2.45, 2.75) is 33.1 Å². The van der Waals surface area contributed by atoms with E-state index >= 15 is 0 Å². The van der Waals surface area contributed by atoms with Gasteiger partial charge in [-0.25, -0.2) is 0 Å². The predicted molar refractivity (Wildman–Crippen MR) is 177 cm³/mol. The Morgan fingerprint density at radius 3 is 2.07 bits per heavy atom. The number of ketones is 2. The van der Waals surface area contributed by atoms with E-state index in [4.69, 9.17) is 13.6 Å². The first-order chi connectivity index (χ1) is 22.4. The van der Waals surface area contributed by atoms with Gasteiger partial charge in [-0.2, -0.15) is 0 Å². The molecule has 0 spiro atoms. The van der Waals surface area contributed by atoms with Crippen LogP contribution in [0.1, 0.15) is 62.6 Å². The number of ether oxygens (including phenoxy) is 1. The van der Waals surface area contributed by atoms with Crippen molar-refractivity contribution >= 4 is 39.4 Å². The van der Waals surface area contributed by atoms with E-state index in [-0.39, 0.29) is 35.6 Å². The maximum absolute atomic E-state index is 14.0. The summed E-state index contributed by atoms with van der Waals surface area (Å²) in [4.78, 5) is 41.9. The molecule has 0 atom stereocenters. The molecule has 4 aromatic carbocycles. The Balaban J connectivity index is 1.25. The summed E-state index contributed by atoms with van der Waals surface area (Å²) in [5.41, 5.74) is 5.10. The number of furan rings is 2. The summed E-state index contributed by atoms with van der Waals surface area (Å²) in [5.74, 6) is 0.393. The van der Waals surface area contributed by atoms with Crippen LogP contribution in [0.2, 0.25) is 0 Å². The van der Waals surface area contributed by atoms with Gasteiger partial charge in [-0.1, -0.05) is 60.2 Å². The van der Waals surface area contributed by atoms with Crippen LogP contribution in [0.5, 0.6) is 5.75 Å². The normalized spacial score (nSPS) is 13.3. The van der Waals surface area contributed by atoms with Gasteiger partial charge in [0.15, 0.2) is 18.1 Å². The average Bonchev–Trinajstić information content (AvgIpc) is 3.66. The van der Waals surface area contributed by atoms with Crippen LogP contribution in [0.25, 0.3) is 33.1 Å². The summed E-state index contributed by atoms with van der Waals surface area (Å²) in [5, 5.41) is 1.41. The van der Waals surface area contributed by atoms with Gasteiger partial charge in [0, 0.05) is 40.7 Å². The fourth-order valence-electron chi connectivity index (χ4n) is 6.17. The number of hydrogen-bond acceptors (Lipinski definition) is 6. The molecule has 0 unspecified atom stereocenters. The molecule has 46 heavy (non-hydrogen) atoms. The third-order valence-electron chi connectivity index (χ3n) is 8.73. The molecular formula is C39H33NO6. The van der Waals surface area contributed by atoms with Crippen molar-refractivity contribution in [1.82, 2.24) is 4.90 Å². The lowest BCUT2D eigenvalue weighted by Gasteiger charge is -2.26. The number of hydrogen-bond donors (Lipinski definition) is 0. The van der Waals surface area contributed by atoms with Crippen molar-refractivity contribution in [2.75, 3.05) is 19.7 Å². The van der Waals surface area contributed by atoms with Gasteiger partial charge in [0.05, 0.1) is 5.39 Å². The third-order valence-corrected chi connectivity index (χ3v) is 8.73. The number of piperidine rings is 1. The van der Waals surface area contributed by atoms with E-state index in [0.29, 0.717) is 39.0 Å². The lowest BCUT2D eigenvalue weighted by atomic mass is 9.96. The first-order valence-corrected chi connectivity index (χ1v) is 15.6. The Bertz CT molecular complexity index is 2080. The molecule has 6 aromatic rings. The maximum Gasteiger partial charge on any atom is 0.260 e. The molecule has 1 aliphatic rings. The van der Waals surface area contributed by atoms with E-state index in [0.717, 1.165) is 54.4 Å². The topological polar surface area (TPSA) is 90.0 Å². The Hall–Kier alpha value is -5.43. The third kappa shape index (κ3) is 5.38. The van der Waals surface area contributed by atoms with E-state index in [1.807, 2.05) is 73.3 Å². The molecule has 1 fully saturated rings. The summed E-state index contributed by atoms with van der Waals surface area (Å²) in [7, 11) is 0. The summed E-state index contributed by atoms with van der Waals surface area (Å²) < 4.78 is 18.4. The number of rotatable bonds is 8. The van der Waals surface area contributed by atoms with E-state index < -0.39 is 0 Å². The number of aryl methyl sites for hydroxylation is 2. The molecule has 2 aromatic heterocycles. The molecule has 7 heteroatoms. The highest BCUT2D eigenvalue weighted by Gasteiger charge is 2.28. The van der Waals surface area contributed by atoms with Crippen LogP contribution in [0, 0.1) is 13.8 Å². The standard InChI is InChI=1S/C39H33NO6/c1-24-11-13-27(14-12-24)35(42)37-25(2)30-19-20-31-34(38(30)46-37)33(26-9-5-3-6-10-26)39(45-31)36(43)28-15-17-29(18-16-28)44-23-32(41)40-21-7-4-8-22-40/h3,5-6,9-20H,4,7-8,21-23H2,1-2H3. The number of benzene rings is 4. The van der Waals surface area contributed by atoms with Gasteiger partial charge < -0.3 is 18.5 Å². The summed E-state index contributed by atoms with van der Waals surface area (Å²) >= 11 is 0. The number of likely N-dealkylation sites (tertiary alicyclic amines) is 1. The van der Waals surface area contributed by atoms with E-state index in [1.54, 1.807) is 36.4 Å². The minimum atomic E-state index is -0.307. The molecule has 230 valence electrons. The number of carbonyl (C=O) groups is 3. The molecule has 7 rings (SSSR count). The van der Waals surface area contributed by atoms with Gasteiger partial charge in [-0.15, -0.1) is 0 Å². The average molecular weight is 612 g/mol. The highest BCUT2D eigenvalue weighted by Crippen LogP contribution is 2.42. The molecular weight excluding hydrogens is 578 g/mol. The molecule has 7 nitrogen and oxygen atoms in total. The van der Waals surface area contributed by atoms with Crippen LogP contribution in [-0.2, 0) is 4.79 Å². The van der Waals surface area contributed by atoms with Crippen LogP contribution in [-0.4, -0.2) is 42.1 Å². The second-order valence-electron chi connectivity index (χ2n) is 11.8. The zero-order chi connectivity index (χ0) is 31.8. The minimum Gasteiger partial charge on any atom is -0.484 e. The maximum atomic E-state index is 14.0. The van der Waals surface area contributed by atoms with Gasteiger partial charge in [-0.3, -0.25) is 14.4 Å². The summed E-state index contributed by atoms with van der Waals surface area (Å²) in [6.07, 6.45) is 3.19. The molecule has 1 amide bonds. The monoisotopic (exact) mass is 611 g/mol. The Morgan fingerprint density at radius 1 is 0.717 bits per heavy atom. The summed E-state index contributed by atoms with van der Waals surface area (Å²) in [6.45, 7) is 5.34.